The predicted molar refractivity (Wildman–Crippen MR) is 169 cm³/mol. The number of methoxy groups -OCH3 is 1. The summed E-state index contributed by atoms with van der Waals surface area (Å²) >= 11 is 12.7. The monoisotopic (exact) mass is 665 g/mol. The van der Waals surface area contributed by atoms with E-state index in [0.29, 0.717) is 52.6 Å². The first-order valence-corrected chi connectivity index (χ1v) is 14.9. The van der Waals surface area contributed by atoms with Crippen LogP contribution in [0.15, 0.2) is 60.9 Å². The summed E-state index contributed by atoms with van der Waals surface area (Å²) in [6.45, 7) is 2.50. The van der Waals surface area contributed by atoms with Gasteiger partial charge in [0.1, 0.15) is 12.0 Å². The van der Waals surface area contributed by atoms with Gasteiger partial charge in [-0.1, -0.05) is 35.3 Å². The van der Waals surface area contributed by atoms with Gasteiger partial charge in [-0.25, -0.2) is 4.79 Å². The van der Waals surface area contributed by atoms with Crippen LogP contribution in [0.5, 0.6) is 0 Å². The molecule has 4 aromatic rings. The number of piperidine rings is 1. The van der Waals surface area contributed by atoms with Gasteiger partial charge in [-0.15, -0.1) is 15.3 Å². The van der Waals surface area contributed by atoms with Gasteiger partial charge in [-0.05, 0) is 71.3 Å². The van der Waals surface area contributed by atoms with Crippen LogP contribution in [0.4, 0.5) is 10.5 Å². The Morgan fingerprint density at radius 3 is 2.61 bits per heavy atom. The van der Waals surface area contributed by atoms with Gasteiger partial charge < -0.3 is 19.7 Å². The number of amides is 3. The molecule has 0 saturated carbocycles. The molecular formula is C30H29Cl2N9O5. The van der Waals surface area contributed by atoms with Crippen molar-refractivity contribution in [1.29, 1.82) is 0 Å². The number of benzene rings is 2. The van der Waals surface area contributed by atoms with Crippen LogP contribution >= 0.6 is 23.2 Å². The van der Waals surface area contributed by atoms with E-state index in [-0.39, 0.29) is 22.9 Å². The number of hydrogen-bond donors (Lipinski definition) is 2. The summed E-state index contributed by atoms with van der Waals surface area (Å²) in [6, 6.07) is 13.6. The van der Waals surface area contributed by atoms with Crippen molar-refractivity contribution in [3.05, 3.63) is 82.4 Å². The average molecular weight is 667 g/mol. The van der Waals surface area contributed by atoms with Crippen LogP contribution in [-0.4, -0.2) is 79.5 Å². The van der Waals surface area contributed by atoms with Crippen molar-refractivity contribution >= 4 is 52.9 Å². The fraction of sp³-hybridized carbons (Fsp3) is 0.267. The van der Waals surface area contributed by atoms with Crippen molar-refractivity contribution in [3.8, 4) is 16.8 Å². The summed E-state index contributed by atoms with van der Waals surface area (Å²) in [6.07, 6.45) is 3.73. The minimum atomic E-state index is -1.05. The number of nitrogens with zero attached hydrogens (tertiary/aromatic N) is 7. The van der Waals surface area contributed by atoms with E-state index in [1.165, 1.54) is 31.1 Å². The molecule has 5 rings (SSSR count). The van der Waals surface area contributed by atoms with Crippen molar-refractivity contribution in [2.75, 3.05) is 25.5 Å². The van der Waals surface area contributed by atoms with Gasteiger partial charge >= 0.3 is 6.09 Å². The molecular weight excluding hydrogens is 637 g/mol. The maximum atomic E-state index is 13.3. The minimum Gasteiger partial charge on any atom is -0.453 e. The molecule has 0 aliphatic carbocycles. The van der Waals surface area contributed by atoms with Gasteiger partial charge in [0.2, 0.25) is 11.8 Å². The van der Waals surface area contributed by atoms with E-state index in [9.17, 15) is 14.4 Å². The number of ether oxygens (including phenoxy) is 2. The van der Waals surface area contributed by atoms with E-state index >= 15 is 0 Å². The van der Waals surface area contributed by atoms with Crippen molar-refractivity contribution < 1.29 is 23.9 Å². The fourth-order valence-corrected chi connectivity index (χ4v) is 5.19. The zero-order valence-corrected chi connectivity index (χ0v) is 26.3. The van der Waals surface area contributed by atoms with Crippen molar-refractivity contribution in [1.82, 2.24) is 40.6 Å². The molecule has 3 amide bonds. The Balaban J connectivity index is 1.42. The first-order valence-electron chi connectivity index (χ1n) is 14.1. The number of nitrogens with one attached hydrogen (secondary N) is 2. The first-order chi connectivity index (χ1) is 22.2. The van der Waals surface area contributed by atoms with E-state index < -0.39 is 18.2 Å². The van der Waals surface area contributed by atoms with E-state index in [1.807, 2.05) is 0 Å². The van der Waals surface area contributed by atoms with Crippen LogP contribution in [0, 0.1) is 0 Å². The summed E-state index contributed by atoms with van der Waals surface area (Å²) in [5.74, 6) is -0.557. The van der Waals surface area contributed by atoms with Crippen LogP contribution < -0.4 is 10.6 Å². The molecule has 238 valence electrons. The smallest absolute Gasteiger partial charge is 0.411 e. The standard InChI is InChI=1S/C30H29Cl2N9O5/c1-18(42)40-13-3-4-23(16-40)46-29(35-27(43)12-7-20-14-21(31)8-11-26(20)41-17-33-38-39-41)25-15-24(28(32)37-36-25)19-5-9-22(10-6-19)34-30(44)45-2/h5-12,14-15,17,23,29H,3-4,13,16H2,1-2H3,(H,34,44)(H,35,43)/b12-7+/t23-,29+/m1/s1. The Bertz CT molecular complexity index is 1740. The molecule has 1 saturated heterocycles. The molecule has 0 radical (unpaired) electrons. The molecule has 14 nitrogen and oxygen atoms in total. The molecule has 2 atom stereocenters. The van der Waals surface area contributed by atoms with Crippen LogP contribution in [0.2, 0.25) is 10.2 Å². The Labute approximate surface area is 273 Å². The van der Waals surface area contributed by atoms with Gasteiger partial charge in [0, 0.05) is 47.9 Å². The number of hydrogen-bond acceptors (Lipinski definition) is 10. The molecule has 1 aliphatic rings. The molecule has 1 aliphatic heterocycles. The Morgan fingerprint density at radius 1 is 1.09 bits per heavy atom. The highest BCUT2D eigenvalue weighted by Crippen LogP contribution is 2.30. The molecule has 46 heavy (non-hydrogen) atoms. The van der Waals surface area contributed by atoms with E-state index in [1.54, 1.807) is 59.5 Å². The number of carbonyl (C=O) groups is 3. The minimum absolute atomic E-state index is 0.0598. The van der Waals surface area contributed by atoms with Crippen molar-refractivity contribution in [2.24, 2.45) is 0 Å². The van der Waals surface area contributed by atoms with E-state index in [4.69, 9.17) is 27.9 Å². The lowest BCUT2D eigenvalue weighted by Crippen LogP contribution is -2.44. The normalized spacial score (nSPS) is 15.4. The van der Waals surface area contributed by atoms with Crippen molar-refractivity contribution in [3.63, 3.8) is 0 Å². The number of halogens is 2. The number of tetrazole rings is 1. The summed E-state index contributed by atoms with van der Waals surface area (Å²) < 4.78 is 12.5. The van der Waals surface area contributed by atoms with Gasteiger partial charge in [-0.2, -0.15) is 4.68 Å². The lowest BCUT2D eigenvalue weighted by atomic mass is 10.1. The second-order valence-corrected chi connectivity index (χ2v) is 11.0. The van der Waals surface area contributed by atoms with E-state index in [0.717, 1.165) is 6.42 Å². The summed E-state index contributed by atoms with van der Waals surface area (Å²) in [4.78, 5) is 38.7. The molecule has 2 aromatic heterocycles. The van der Waals surface area contributed by atoms with Gasteiger partial charge in [0.05, 0.1) is 18.9 Å². The van der Waals surface area contributed by atoms with Crippen LogP contribution in [0.1, 0.15) is 37.3 Å². The number of anilines is 1. The number of carbonyl (C=O) groups excluding carboxylic acids is 3. The lowest BCUT2D eigenvalue weighted by Gasteiger charge is -2.34. The first kappa shape index (κ1) is 32.5. The van der Waals surface area contributed by atoms with Gasteiger partial charge in [0.25, 0.3) is 0 Å². The molecule has 2 N–H and O–H groups in total. The Morgan fingerprint density at radius 2 is 1.89 bits per heavy atom. The van der Waals surface area contributed by atoms with Gasteiger partial charge in [-0.3, -0.25) is 14.9 Å². The largest absolute Gasteiger partial charge is 0.453 e. The summed E-state index contributed by atoms with van der Waals surface area (Å²) in [7, 11) is 1.27. The number of aromatic nitrogens is 6. The highest BCUT2D eigenvalue weighted by Gasteiger charge is 2.28. The maximum Gasteiger partial charge on any atom is 0.411 e. The van der Waals surface area contributed by atoms with Crippen LogP contribution in [0.25, 0.3) is 22.9 Å². The predicted octanol–water partition coefficient (Wildman–Crippen LogP) is 4.46. The third kappa shape index (κ3) is 8.21. The Kier molecular flexibility index (Phi) is 10.5. The van der Waals surface area contributed by atoms with Crippen LogP contribution in [0.3, 0.4) is 0 Å². The van der Waals surface area contributed by atoms with Crippen LogP contribution in [-0.2, 0) is 19.1 Å². The third-order valence-electron chi connectivity index (χ3n) is 7.09. The van der Waals surface area contributed by atoms with Crippen molar-refractivity contribution in [2.45, 2.75) is 32.1 Å². The highest BCUT2D eigenvalue weighted by molar-refractivity contribution is 6.32. The molecule has 3 heterocycles. The summed E-state index contributed by atoms with van der Waals surface area (Å²) in [5.41, 5.74) is 3.21. The second kappa shape index (κ2) is 14.9. The third-order valence-corrected chi connectivity index (χ3v) is 7.60. The zero-order valence-electron chi connectivity index (χ0n) is 24.8. The molecule has 0 unspecified atom stereocenters. The number of rotatable bonds is 9. The van der Waals surface area contributed by atoms with E-state index in [2.05, 4.69) is 41.1 Å². The molecule has 16 heteroatoms. The molecule has 2 aromatic carbocycles. The van der Waals surface area contributed by atoms with Gasteiger partial charge in [0.15, 0.2) is 11.4 Å². The second-order valence-electron chi connectivity index (χ2n) is 10.2. The average Bonchev–Trinajstić information content (AvgIpc) is 3.59. The lowest BCUT2D eigenvalue weighted by molar-refractivity contribution is -0.138. The SMILES string of the molecule is COC(=O)Nc1ccc(-c2cc([C@@H](NC(=O)/C=C/c3cc(Cl)ccc3-n3cnnn3)O[C@@H]3CCCN(C(C)=O)C3)nnc2Cl)cc1. The maximum absolute atomic E-state index is 13.3. The zero-order chi connectivity index (χ0) is 32.6. The molecule has 0 spiro atoms. The topological polar surface area (TPSA) is 166 Å². The molecule has 0 bridgehead atoms. The molecule has 1 fully saturated rings. The summed E-state index contributed by atoms with van der Waals surface area (Å²) in [5, 5.41) is 25.6. The highest BCUT2D eigenvalue weighted by atomic mass is 35.5. The quantitative estimate of drug-likeness (QED) is 0.192. The fourth-order valence-electron chi connectivity index (χ4n) is 4.81. The Hall–Kier alpha value is -4.92. The number of likely N-dealkylation sites (tertiary alicyclic amines) is 1.